The number of benzene rings is 2. The highest BCUT2D eigenvalue weighted by Crippen LogP contribution is 2.36. The largest absolute Gasteiger partial charge is 0.439 e. The fraction of sp³-hybridized carbons (Fsp3) is 0.259. The topological polar surface area (TPSA) is 99.7 Å². The molecule has 41 heavy (non-hydrogen) atoms. The summed E-state index contributed by atoms with van der Waals surface area (Å²) in [7, 11) is 2.05. The first kappa shape index (κ1) is 28.7. The van der Waals surface area contributed by atoms with Crippen molar-refractivity contribution < 1.29 is 27.5 Å². The highest BCUT2D eigenvalue weighted by Gasteiger charge is 2.34. The molecule has 1 saturated heterocycles. The van der Waals surface area contributed by atoms with Crippen molar-refractivity contribution in [2.45, 2.75) is 6.18 Å². The zero-order chi connectivity index (χ0) is 29.1. The van der Waals surface area contributed by atoms with E-state index in [0.717, 1.165) is 38.3 Å². The number of halogens is 4. The van der Waals surface area contributed by atoms with Crippen LogP contribution in [0.4, 0.5) is 24.0 Å². The number of thiazole rings is 1. The number of likely N-dealkylation sites (N-methyl/N-ethyl adjacent to an activating group) is 1. The Kier molecular flexibility index (Phi) is 8.40. The monoisotopic (exact) mass is 604 g/mol. The van der Waals surface area contributed by atoms with Crippen LogP contribution in [0.2, 0.25) is 5.02 Å². The van der Waals surface area contributed by atoms with Crippen molar-refractivity contribution in [1.82, 2.24) is 19.8 Å². The number of hydrogen-bond donors (Lipinski definition) is 2. The minimum Gasteiger partial charge on any atom is -0.439 e. The summed E-state index contributed by atoms with van der Waals surface area (Å²) in [6.07, 6.45) is -4.69. The van der Waals surface area contributed by atoms with Gasteiger partial charge in [0, 0.05) is 44.0 Å². The number of fused-ring (bicyclic) bond motifs is 1. The van der Waals surface area contributed by atoms with Crippen LogP contribution in [0, 0.1) is 0 Å². The lowest BCUT2D eigenvalue weighted by Crippen LogP contribution is -2.47. The molecule has 9 nitrogen and oxygen atoms in total. The molecule has 1 aliphatic rings. The highest BCUT2D eigenvalue weighted by molar-refractivity contribution is 7.21. The molecule has 214 valence electrons. The van der Waals surface area contributed by atoms with Gasteiger partial charge in [0.15, 0.2) is 5.13 Å². The predicted octanol–water partition coefficient (Wildman–Crippen LogP) is 5.59. The summed E-state index contributed by atoms with van der Waals surface area (Å²) in [5.74, 6) is -0.365. The summed E-state index contributed by atoms with van der Waals surface area (Å²) in [6.45, 7) is 3.78. The number of hydrogen-bond acceptors (Lipinski definition) is 8. The third-order valence-corrected chi connectivity index (χ3v) is 7.59. The summed E-state index contributed by atoms with van der Waals surface area (Å²) in [5, 5.41) is 5.13. The molecule has 4 aromatic rings. The Hall–Kier alpha value is -3.78. The molecule has 0 aliphatic carbocycles. The first-order chi connectivity index (χ1) is 19.5. The maximum Gasteiger partial charge on any atom is 0.417 e. The lowest BCUT2D eigenvalue weighted by atomic mass is 10.1. The molecule has 2 aromatic carbocycles. The van der Waals surface area contributed by atoms with Gasteiger partial charge in [-0.2, -0.15) is 13.2 Å². The third-order valence-electron chi connectivity index (χ3n) is 6.30. The van der Waals surface area contributed by atoms with E-state index in [0.29, 0.717) is 27.8 Å². The number of pyridine rings is 1. The van der Waals surface area contributed by atoms with Crippen LogP contribution < -0.4 is 15.4 Å². The number of amides is 2. The van der Waals surface area contributed by atoms with E-state index in [9.17, 15) is 22.8 Å². The molecule has 0 saturated carbocycles. The zero-order valence-electron chi connectivity index (χ0n) is 21.7. The molecule has 1 fully saturated rings. The van der Waals surface area contributed by atoms with Gasteiger partial charge < -0.3 is 20.3 Å². The molecular formula is C27H24ClF3N6O3S. The van der Waals surface area contributed by atoms with Crippen molar-refractivity contribution in [3.05, 3.63) is 70.7 Å². The van der Waals surface area contributed by atoms with E-state index < -0.39 is 22.7 Å². The Balaban J connectivity index is 1.23. The maximum atomic E-state index is 13.2. The molecule has 3 heterocycles. The van der Waals surface area contributed by atoms with Gasteiger partial charge in [-0.05, 0) is 37.4 Å². The molecule has 2 amide bonds. The summed E-state index contributed by atoms with van der Waals surface area (Å²) in [4.78, 5) is 38.9. The van der Waals surface area contributed by atoms with Gasteiger partial charge in [0.1, 0.15) is 16.1 Å². The van der Waals surface area contributed by atoms with E-state index in [2.05, 4.69) is 37.4 Å². The minimum absolute atomic E-state index is 0.143. The smallest absolute Gasteiger partial charge is 0.417 e. The number of nitrogens with zero attached hydrogens (tertiary/aromatic N) is 4. The average Bonchev–Trinajstić information content (AvgIpc) is 3.31. The van der Waals surface area contributed by atoms with Crippen LogP contribution in [0.15, 0.2) is 54.6 Å². The molecule has 0 bridgehead atoms. The minimum atomic E-state index is -4.69. The van der Waals surface area contributed by atoms with Crippen molar-refractivity contribution in [2.24, 2.45) is 0 Å². The molecule has 0 unspecified atom stereocenters. The van der Waals surface area contributed by atoms with E-state index in [1.807, 2.05) is 0 Å². The molecule has 0 radical (unpaired) electrons. The number of piperazine rings is 1. The average molecular weight is 605 g/mol. The van der Waals surface area contributed by atoms with Crippen molar-refractivity contribution in [3.8, 4) is 11.6 Å². The van der Waals surface area contributed by atoms with Crippen molar-refractivity contribution in [2.75, 3.05) is 50.4 Å². The Morgan fingerprint density at radius 1 is 1.02 bits per heavy atom. The summed E-state index contributed by atoms with van der Waals surface area (Å²) < 4.78 is 45.3. The Bertz CT molecular complexity index is 1590. The molecule has 0 atom stereocenters. The summed E-state index contributed by atoms with van der Waals surface area (Å²) >= 11 is 7.09. The lowest BCUT2D eigenvalue weighted by molar-refractivity contribution is -0.137. The van der Waals surface area contributed by atoms with Crippen LogP contribution in [-0.2, 0) is 11.0 Å². The van der Waals surface area contributed by atoms with Gasteiger partial charge in [-0.3, -0.25) is 14.5 Å². The van der Waals surface area contributed by atoms with Crippen molar-refractivity contribution in [1.29, 1.82) is 0 Å². The van der Waals surface area contributed by atoms with Gasteiger partial charge in [0.25, 0.3) is 5.91 Å². The Morgan fingerprint density at radius 3 is 2.54 bits per heavy atom. The molecule has 2 N–H and O–H groups in total. The van der Waals surface area contributed by atoms with E-state index in [4.69, 9.17) is 16.3 Å². The van der Waals surface area contributed by atoms with E-state index in [1.54, 1.807) is 30.3 Å². The van der Waals surface area contributed by atoms with Gasteiger partial charge in [-0.1, -0.05) is 35.1 Å². The number of anilines is 2. The van der Waals surface area contributed by atoms with Crippen LogP contribution in [0.1, 0.15) is 15.9 Å². The van der Waals surface area contributed by atoms with Gasteiger partial charge in [0.2, 0.25) is 11.8 Å². The second-order valence-electron chi connectivity index (χ2n) is 9.37. The van der Waals surface area contributed by atoms with E-state index >= 15 is 0 Å². The fourth-order valence-electron chi connectivity index (χ4n) is 4.16. The third kappa shape index (κ3) is 7.11. The van der Waals surface area contributed by atoms with Crippen LogP contribution >= 0.6 is 22.9 Å². The molecule has 1 aliphatic heterocycles. The van der Waals surface area contributed by atoms with Gasteiger partial charge >= 0.3 is 6.18 Å². The summed E-state index contributed by atoms with van der Waals surface area (Å²) in [6, 6.07) is 12.8. The molecular weight excluding hydrogens is 581 g/mol. The van der Waals surface area contributed by atoms with Crippen molar-refractivity contribution in [3.63, 3.8) is 0 Å². The summed E-state index contributed by atoms with van der Waals surface area (Å²) in [5.41, 5.74) is -0.524. The second kappa shape index (κ2) is 12.0. The Morgan fingerprint density at radius 2 is 1.78 bits per heavy atom. The zero-order valence-corrected chi connectivity index (χ0v) is 23.2. The lowest BCUT2D eigenvalue weighted by Gasteiger charge is -2.31. The Labute approximate surface area is 241 Å². The standard InChI is InChI=1S/C27H24ClF3N6O3S/c1-36-10-12-37(13-11-36)15-21(38)34-26-33-20-8-9-22(35-25(20)41-26)40-17-5-2-4-16(14-17)32-24(39)18-6-3-7-19(23(18)28)27(29,30)31/h2-9,14H,10-13,15H2,1H3,(H,32,39)(H,33,34,38). The number of aromatic nitrogens is 2. The van der Waals surface area contributed by atoms with E-state index in [1.165, 1.54) is 23.5 Å². The van der Waals surface area contributed by atoms with E-state index in [-0.39, 0.29) is 23.0 Å². The normalized spacial score (nSPS) is 14.7. The van der Waals surface area contributed by atoms with Gasteiger partial charge in [0.05, 0.1) is 22.7 Å². The highest BCUT2D eigenvalue weighted by atomic mass is 35.5. The second-order valence-corrected chi connectivity index (χ2v) is 10.7. The van der Waals surface area contributed by atoms with Crippen LogP contribution in [0.25, 0.3) is 10.3 Å². The van der Waals surface area contributed by atoms with Gasteiger partial charge in [-0.25, -0.2) is 9.97 Å². The first-order valence-corrected chi connectivity index (χ1v) is 13.7. The number of alkyl halides is 3. The number of carbonyl (C=O) groups excluding carboxylic acids is 2. The predicted molar refractivity (Wildman–Crippen MR) is 151 cm³/mol. The fourth-order valence-corrected chi connectivity index (χ4v) is 5.33. The van der Waals surface area contributed by atoms with Crippen LogP contribution in [0.5, 0.6) is 11.6 Å². The SMILES string of the molecule is CN1CCN(CC(=O)Nc2nc3ccc(Oc4cccc(NC(=O)c5cccc(C(F)(F)F)c5Cl)c4)nc3s2)CC1. The molecule has 5 rings (SSSR count). The molecule has 14 heteroatoms. The maximum absolute atomic E-state index is 13.2. The number of rotatable bonds is 7. The number of ether oxygens (including phenoxy) is 1. The molecule has 0 spiro atoms. The number of carbonyl (C=O) groups is 2. The molecule has 2 aromatic heterocycles. The van der Waals surface area contributed by atoms with Crippen LogP contribution in [0.3, 0.4) is 0 Å². The van der Waals surface area contributed by atoms with Crippen molar-refractivity contribution >= 4 is 55.9 Å². The van der Waals surface area contributed by atoms with Gasteiger partial charge in [-0.15, -0.1) is 0 Å². The first-order valence-electron chi connectivity index (χ1n) is 12.5. The quantitative estimate of drug-likeness (QED) is 0.284. The van der Waals surface area contributed by atoms with Crippen LogP contribution in [-0.4, -0.2) is 71.4 Å². The number of nitrogens with one attached hydrogen (secondary N) is 2.